The van der Waals surface area contributed by atoms with Gasteiger partial charge in [-0.25, -0.2) is 9.97 Å². The standard InChI is InChI=1S/C23H21N3O/c27-22-14-18(16-7-2-1-3-8-16)13-20-19(22)15-24-23(25-20)26-12-6-10-17-9-4-5-11-21(17)26/h1-5,7-9,11,15,18H,6,10,12-14H2/t18-/m1/s1. The molecule has 1 aromatic heterocycles. The van der Waals surface area contributed by atoms with Crippen molar-refractivity contribution in [1.82, 2.24) is 9.97 Å². The van der Waals surface area contributed by atoms with Crippen LogP contribution in [0.1, 0.15) is 45.9 Å². The highest BCUT2D eigenvalue weighted by Gasteiger charge is 2.29. The second-order valence-corrected chi connectivity index (χ2v) is 7.35. The molecule has 1 aliphatic carbocycles. The molecule has 134 valence electrons. The second kappa shape index (κ2) is 6.62. The van der Waals surface area contributed by atoms with Gasteiger partial charge in [-0.05, 0) is 42.4 Å². The fourth-order valence-electron chi connectivity index (χ4n) is 4.27. The van der Waals surface area contributed by atoms with Crippen molar-refractivity contribution in [2.45, 2.75) is 31.6 Å². The van der Waals surface area contributed by atoms with E-state index in [-0.39, 0.29) is 11.7 Å². The lowest BCUT2D eigenvalue weighted by Gasteiger charge is -2.30. The fraction of sp³-hybridized carbons (Fsp3) is 0.261. The lowest BCUT2D eigenvalue weighted by atomic mass is 9.82. The smallest absolute Gasteiger partial charge is 0.230 e. The largest absolute Gasteiger partial charge is 0.310 e. The molecule has 4 nitrogen and oxygen atoms in total. The van der Waals surface area contributed by atoms with Crippen LogP contribution in [0.25, 0.3) is 0 Å². The SMILES string of the molecule is O=C1C[C@H](c2ccccc2)Cc2nc(N3CCCc4ccccc43)ncc21. The van der Waals surface area contributed by atoms with Gasteiger partial charge in [0.1, 0.15) is 0 Å². The van der Waals surface area contributed by atoms with Gasteiger partial charge >= 0.3 is 0 Å². The number of Topliss-reactive ketones (excluding diaryl/α,β-unsaturated/α-hetero) is 1. The first-order valence-corrected chi connectivity index (χ1v) is 9.59. The van der Waals surface area contributed by atoms with Crippen LogP contribution >= 0.6 is 0 Å². The van der Waals surface area contributed by atoms with Gasteiger partial charge in [0.25, 0.3) is 0 Å². The lowest BCUT2D eigenvalue weighted by molar-refractivity contribution is 0.0962. The minimum atomic E-state index is 0.149. The molecule has 0 bridgehead atoms. The van der Waals surface area contributed by atoms with E-state index < -0.39 is 0 Å². The van der Waals surface area contributed by atoms with Gasteiger partial charge in [0.05, 0.1) is 11.3 Å². The average molecular weight is 355 g/mol. The third kappa shape index (κ3) is 2.91. The van der Waals surface area contributed by atoms with Gasteiger partial charge in [-0.1, -0.05) is 48.5 Å². The molecule has 2 heterocycles. The van der Waals surface area contributed by atoms with E-state index in [1.54, 1.807) is 6.20 Å². The number of rotatable bonds is 2. The van der Waals surface area contributed by atoms with E-state index in [2.05, 4.69) is 46.3 Å². The summed E-state index contributed by atoms with van der Waals surface area (Å²) in [6.45, 7) is 0.909. The van der Waals surface area contributed by atoms with Crippen molar-refractivity contribution >= 4 is 17.4 Å². The summed E-state index contributed by atoms with van der Waals surface area (Å²) in [5.41, 5.74) is 5.30. The number of para-hydroxylation sites is 1. The normalized spacial score (nSPS) is 18.7. The Morgan fingerprint density at radius 1 is 0.963 bits per heavy atom. The molecular weight excluding hydrogens is 334 g/mol. The second-order valence-electron chi connectivity index (χ2n) is 7.35. The summed E-state index contributed by atoms with van der Waals surface area (Å²) in [5, 5.41) is 0. The van der Waals surface area contributed by atoms with E-state index >= 15 is 0 Å². The molecule has 0 saturated carbocycles. The molecule has 0 spiro atoms. The number of nitrogens with zero attached hydrogens (tertiary/aromatic N) is 3. The third-order valence-electron chi connectivity index (χ3n) is 5.65. The molecule has 1 atom stereocenters. The number of anilines is 2. The third-order valence-corrected chi connectivity index (χ3v) is 5.65. The molecule has 2 aromatic carbocycles. The summed E-state index contributed by atoms with van der Waals surface area (Å²) in [4.78, 5) is 24.3. The molecule has 2 aliphatic rings. The summed E-state index contributed by atoms with van der Waals surface area (Å²) in [5.74, 6) is 1.06. The quantitative estimate of drug-likeness (QED) is 0.680. The van der Waals surface area contributed by atoms with E-state index in [1.165, 1.54) is 16.8 Å². The zero-order valence-electron chi connectivity index (χ0n) is 15.1. The summed E-state index contributed by atoms with van der Waals surface area (Å²) < 4.78 is 0. The molecule has 0 unspecified atom stereocenters. The zero-order chi connectivity index (χ0) is 18.2. The van der Waals surface area contributed by atoms with Crippen molar-refractivity contribution in [3.63, 3.8) is 0 Å². The van der Waals surface area contributed by atoms with Crippen LogP contribution < -0.4 is 4.90 Å². The van der Waals surface area contributed by atoms with E-state index in [4.69, 9.17) is 4.98 Å². The molecule has 1 aliphatic heterocycles. The first-order chi connectivity index (χ1) is 13.3. The number of fused-ring (bicyclic) bond motifs is 2. The van der Waals surface area contributed by atoms with Gasteiger partial charge in [-0.3, -0.25) is 4.79 Å². The molecule has 4 heteroatoms. The maximum atomic E-state index is 12.7. The molecule has 0 saturated heterocycles. The van der Waals surface area contributed by atoms with Crippen LogP contribution in [-0.4, -0.2) is 22.3 Å². The van der Waals surface area contributed by atoms with Crippen LogP contribution in [0.2, 0.25) is 0 Å². The Labute approximate surface area is 158 Å². The highest BCUT2D eigenvalue weighted by Crippen LogP contribution is 2.35. The van der Waals surface area contributed by atoms with Crippen molar-refractivity contribution in [2.24, 2.45) is 0 Å². The first-order valence-electron chi connectivity index (χ1n) is 9.59. The van der Waals surface area contributed by atoms with Gasteiger partial charge in [-0.15, -0.1) is 0 Å². The number of carbonyl (C=O) groups excluding carboxylic acids is 1. The van der Waals surface area contributed by atoms with Crippen LogP contribution in [0.4, 0.5) is 11.6 Å². The number of aryl methyl sites for hydroxylation is 1. The van der Waals surface area contributed by atoms with E-state index in [0.717, 1.165) is 31.5 Å². The number of carbonyl (C=O) groups is 1. The Kier molecular flexibility index (Phi) is 3.97. The summed E-state index contributed by atoms with van der Waals surface area (Å²) in [6.07, 6.45) is 5.23. The topological polar surface area (TPSA) is 46.1 Å². The molecule has 27 heavy (non-hydrogen) atoms. The highest BCUT2D eigenvalue weighted by atomic mass is 16.1. The van der Waals surface area contributed by atoms with Gasteiger partial charge in [0, 0.05) is 24.8 Å². The maximum Gasteiger partial charge on any atom is 0.230 e. The predicted molar refractivity (Wildman–Crippen MR) is 106 cm³/mol. The Morgan fingerprint density at radius 2 is 1.78 bits per heavy atom. The van der Waals surface area contributed by atoms with Crippen molar-refractivity contribution in [2.75, 3.05) is 11.4 Å². The van der Waals surface area contributed by atoms with E-state index in [9.17, 15) is 4.79 Å². The van der Waals surface area contributed by atoms with Crippen LogP contribution in [0.3, 0.4) is 0 Å². The van der Waals surface area contributed by atoms with Gasteiger partial charge < -0.3 is 4.90 Å². The van der Waals surface area contributed by atoms with Crippen LogP contribution in [0.15, 0.2) is 60.8 Å². The summed E-state index contributed by atoms with van der Waals surface area (Å²) in [7, 11) is 0. The van der Waals surface area contributed by atoms with Gasteiger partial charge in [-0.2, -0.15) is 0 Å². The summed E-state index contributed by atoms with van der Waals surface area (Å²) in [6, 6.07) is 18.7. The number of hydrogen-bond acceptors (Lipinski definition) is 4. The molecule has 5 rings (SSSR count). The van der Waals surface area contributed by atoms with Crippen molar-refractivity contribution in [3.8, 4) is 0 Å². The molecule has 3 aromatic rings. The fourth-order valence-corrected chi connectivity index (χ4v) is 4.27. The monoisotopic (exact) mass is 355 g/mol. The number of hydrogen-bond donors (Lipinski definition) is 0. The Balaban J connectivity index is 1.51. The molecule has 0 N–H and O–H groups in total. The minimum Gasteiger partial charge on any atom is -0.310 e. The number of benzene rings is 2. The Morgan fingerprint density at radius 3 is 2.67 bits per heavy atom. The lowest BCUT2D eigenvalue weighted by Crippen LogP contribution is -2.28. The van der Waals surface area contributed by atoms with Gasteiger partial charge in [0.15, 0.2) is 5.78 Å². The number of ketones is 1. The number of aromatic nitrogens is 2. The molecule has 0 fully saturated rings. The Hall–Kier alpha value is -3.01. The zero-order valence-corrected chi connectivity index (χ0v) is 15.1. The van der Waals surface area contributed by atoms with Gasteiger partial charge in [0.2, 0.25) is 5.95 Å². The minimum absolute atomic E-state index is 0.149. The van der Waals surface area contributed by atoms with Crippen LogP contribution in [0, 0.1) is 0 Å². The van der Waals surface area contributed by atoms with Crippen LogP contribution in [0.5, 0.6) is 0 Å². The molecule has 0 radical (unpaired) electrons. The summed E-state index contributed by atoms with van der Waals surface area (Å²) >= 11 is 0. The Bertz CT molecular complexity index is 1000. The first kappa shape index (κ1) is 16.2. The van der Waals surface area contributed by atoms with Crippen LogP contribution in [-0.2, 0) is 12.8 Å². The predicted octanol–water partition coefficient (Wildman–Crippen LogP) is 4.47. The van der Waals surface area contributed by atoms with Crippen molar-refractivity contribution in [1.29, 1.82) is 0 Å². The van der Waals surface area contributed by atoms with E-state index in [1.807, 2.05) is 18.2 Å². The average Bonchev–Trinajstić information content (AvgIpc) is 2.73. The van der Waals surface area contributed by atoms with Crippen molar-refractivity contribution < 1.29 is 4.79 Å². The molecule has 0 amide bonds. The molecular formula is C23H21N3O. The van der Waals surface area contributed by atoms with E-state index in [0.29, 0.717) is 17.9 Å². The highest BCUT2D eigenvalue weighted by molar-refractivity contribution is 5.98. The maximum absolute atomic E-state index is 12.7. The van der Waals surface area contributed by atoms with Crippen molar-refractivity contribution in [3.05, 3.63) is 83.2 Å².